The monoisotopic (exact) mass is 178 g/mol. The van der Waals surface area contributed by atoms with E-state index < -0.39 is 5.91 Å². The highest BCUT2D eigenvalue weighted by Crippen LogP contribution is 2.13. The minimum Gasteiger partial charge on any atom is -0.344 e. The fourth-order valence-electron chi connectivity index (χ4n) is 1.33. The summed E-state index contributed by atoms with van der Waals surface area (Å²) < 4.78 is 1.71. The van der Waals surface area contributed by atoms with Crippen LogP contribution in [-0.2, 0) is 11.8 Å². The van der Waals surface area contributed by atoms with Gasteiger partial charge in [-0.1, -0.05) is 0 Å². The van der Waals surface area contributed by atoms with Crippen LogP contribution in [0, 0.1) is 13.8 Å². The SMILES string of the molecule is Cc1cc(C)n(C)c1C(=O)N=C=O. The van der Waals surface area contributed by atoms with E-state index in [2.05, 4.69) is 4.99 Å². The fourth-order valence-corrected chi connectivity index (χ4v) is 1.33. The summed E-state index contributed by atoms with van der Waals surface area (Å²) in [4.78, 5) is 24.2. The Bertz CT molecular complexity index is 398. The number of carbonyl (C=O) groups excluding carboxylic acids is 2. The summed E-state index contributed by atoms with van der Waals surface area (Å²) in [7, 11) is 1.76. The number of nitrogens with zero attached hydrogens (tertiary/aromatic N) is 2. The lowest BCUT2D eigenvalue weighted by Crippen LogP contribution is -2.05. The lowest BCUT2D eigenvalue weighted by atomic mass is 10.2. The van der Waals surface area contributed by atoms with Crippen molar-refractivity contribution in [2.24, 2.45) is 12.0 Å². The van der Waals surface area contributed by atoms with Gasteiger partial charge in [0.05, 0.1) is 0 Å². The average molecular weight is 178 g/mol. The van der Waals surface area contributed by atoms with Crippen LogP contribution in [0.1, 0.15) is 21.7 Å². The lowest BCUT2D eigenvalue weighted by Gasteiger charge is -2.00. The van der Waals surface area contributed by atoms with Gasteiger partial charge in [0.15, 0.2) is 0 Å². The number of hydrogen-bond donors (Lipinski definition) is 0. The Hall–Kier alpha value is -1.67. The van der Waals surface area contributed by atoms with Gasteiger partial charge < -0.3 is 4.57 Å². The second-order valence-corrected chi connectivity index (χ2v) is 2.88. The fraction of sp³-hybridized carbons (Fsp3) is 0.333. The molecule has 0 aromatic carbocycles. The maximum absolute atomic E-state index is 11.2. The molecule has 0 saturated carbocycles. The molecule has 0 spiro atoms. The Kier molecular flexibility index (Phi) is 2.44. The van der Waals surface area contributed by atoms with Crippen molar-refractivity contribution >= 4 is 12.0 Å². The topological polar surface area (TPSA) is 51.4 Å². The summed E-state index contributed by atoms with van der Waals surface area (Å²) in [6.45, 7) is 3.69. The molecule has 4 nitrogen and oxygen atoms in total. The summed E-state index contributed by atoms with van der Waals surface area (Å²) in [6, 6.07) is 1.87. The van der Waals surface area contributed by atoms with Gasteiger partial charge in [-0.25, -0.2) is 4.79 Å². The van der Waals surface area contributed by atoms with E-state index in [1.165, 1.54) is 6.08 Å². The molecule has 0 aliphatic carbocycles. The molecule has 1 heterocycles. The lowest BCUT2D eigenvalue weighted by molar-refractivity contribution is 0.0994. The first kappa shape index (κ1) is 9.42. The molecule has 0 radical (unpaired) electrons. The quantitative estimate of drug-likeness (QED) is 0.478. The highest BCUT2D eigenvalue weighted by molar-refractivity contribution is 5.97. The van der Waals surface area contributed by atoms with Gasteiger partial charge in [0.1, 0.15) is 5.69 Å². The molecular formula is C9H10N2O2. The maximum Gasteiger partial charge on any atom is 0.304 e. The van der Waals surface area contributed by atoms with Crippen molar-refractivity contribution in [1.82, 2.24) is 4.57 Å². The number of rotatable bonds is 1. The van der Waals surface area contributed by atoms with Gasteiger partial charge in [0.25, 0.3) is 0 Å². The molecule has 13 heavy (non-hydrogen) atoms. The van der Waals surface area contributed by atoms with Gasteiger partial charge >= 0.3 is 5.91 Å². The maximum atomic E-state index is 11.2. The standard InChI is InChI=1S/C9H10N2O2/c1-6-4-7(2)11(3)8(6)9(13)10-5-12/h4H,1-3H3. The van der Waals surface area contributed by atoms with Crippen LogP contribution in [0.4, 0.5) is 0 Å². The van der Waals surface area contributed by atoms with Crippen LogP contribution in [-0.4, -0.2) is 16.6 Å². The van der Waals surface area contributed by atoms with Gasteiger partial charge in [0, 0.05) is 12.7 Å². The first-order valence-corrected chi connectivity index (χ1v) is 3.83. The van der Waals surface area contributed by atoms with Crippen molar-refractivity contribution in [3.05, 3.63) is 23.0 Å². The van der Waals surface area contributed by atoms with Crippen molar-refractivity contribution in [1.29, 1.82) is 0 Å². The summed E-state index contributed by atoms with van der Waals surface area (Å²) in [5.74, 6) is -0.539. The molecule has 0 unspecified atom stereocenters. The Morgan fingerprint density at radius 2 is 2.15 bits per heavy atom. The van der Waals surface area contributed by atoms with Crippen LogP contribution in [0.15, 0.2) is 11.1 Å². The smallest absolute Gasteiger partial charge is 0.304 e. The molecule has 0 atom stereocenters. The van der Waals surface area contributed by atoms with Crippen molar-refractivity contribution in [3.8, 4) is 0 Å². The van der Waals surface area contributed by atoms with E-state index in [4.69, 9.17) is 0 Å². The number of aromatic nitrogens is 1. The second-order valence-electron chi connectivity index (χ2n) is 2.88. The van der Waals surface area contributed by atoms with E-state index in [0.29, 0.717) is 5.69 Å². The number of isocyanates is 1. The zero-order valence-corrected chi connectivity index (χ0v) is 7.79. The Balaban J connectivity index is 3.28. The van der Waals surface area contributed by atoms with Gasteiger partial charge in [-0.2, -0.15) is 0 Å². The molecule has 1 aromatic rings. The predicted octanol–water partition coefficient (Wildman–Crippen LogP) is 1.12. The number of aryl methyl sites for hydroxylation is 2. The van der Waals surface area contributed by atoms with Crippen LogP contribution >= 0.6 is 0 Å². The molecule has 68 valence electrons. The third-order valence-electron chi connectivity index (χ3n) is 2.01. The first-order valence-electron chi connectivity index (χ1n) is 3.83. The number of aliphatic imine (C=N–C) groups is 1. The molecule has 4 heteroatoms. The third-order valence-corrected chi connectivity index (χ3v) is 2.01. The van der Waals surface area contributed by atoms with E-state index in [1.54, 1.807) is 18.5 Å². The summed E-state index contributed by atoms with van der Waals surface area (Å²) in [5, 5.41) is 0. The zero-order chi connectivity index (χ0) is 10.0. The minimum atomic E-state index is -0.539. The van der Waals surface area contributed by atoms with E-state index in [1.807, 2.05) is 13.0 Å². The minimum absolute atomic E-state index is 0.445. The summed E-state index contributed by atoms with van der Waals surface area (Å²) >= 11 is 0. The highest BCUT2D eigenvalue weighted by Gasteiger charge is 2.13. The van der Waals surface area contributed by atoms with Gasteiger partial charge in [-0.15, -0.1) is 4.99 Å². The first-order chi connectivity index (χ1) is 6.07. The second kappa shape index (κ2) is 3.37. The van der Waals surface area contributed by atoms with Crippen molar-refractivity contribution in [3.63, 3.8) is 0 Å². The Morgan fingerprint density at radius 1 is 1.54 bits per heavy atom. The van der Waals surface area contributed by atoms with Gasteiger partial charge in [-0.05, 0) is 25.5 Å². The van der Waals surface area contributed by atoms with Crippen LogP contribution in [0.25, 0.3) is 0 Å². The molecule has 0 bridgehead atoms. The molecule has 0 fully saturated rings. The molecule has 0 aliphatic rings. The van der Waals surface area contributed by atoms with Crippen LogP contribution in [0.5, 0.6) is 0 Å². The van der Waals surface area contributed by atoms with Crippen molar-refractivity contribution in [2.45, 2.75) is 13.8 Å². The number of amides is 1. The normalized spacial score (nSPS) is 9.46. The highest BCUT2D eigenvalue weighted by atomic mass is 16.2. The Morgan fingerprint density at radius 3 is 2.54 bits per heavy atom. The summed E-state index contributed by atoms with van der Waals surface area (Å²) in [5.41, 5.74) is 2.23. The number of carbonyl (C=O) groups is 1. The average Bonchev–Trinajstić information content (AvgIpc) is 2.27. The predicted molar refractivity (Wildman–Crippen MR) is 47.3 cm³/mol. The van der Waals surface area contributed by atoms with E-state index in [0.717, 1.165) is 11.3 Å². The Labute approximate surface area is 75.9 Å². The largest absolute Gasteiger partial charge is 0.344 e. The van der Waals surface area contributed by atoms with Crippen LogP contribution in [0.2, 0.25) is 0 Å². The number of hydrogen-bond acceptors (Lipinski definition) is 2. The van der Waals surface area contributed by atoms with Crippen molar-refractivity contribution < 1.29 is 9.59 Å². The van der Waals surface area contributed by atoms with E-state index in [-0.39, 0.29) is 0 Å². The third kappa shape index (κ3) is 1.58. The molecule has 0 aliphatic heterocycles. The van der Waals surface area contributed by atoms with Crippen molar-refractivity contribution in [2.75, 3.05) is 0 Å². The molecule has 1 aromatic heterocycles. The van der Waals surface area contributed by atoms with Gasteiger partial charge in [-0.3, -0.25) is 4.79 Å². The summed E-state index contributed by atoms with van der Waals surface area (Å²) in [6.07, 6.45) is 1.24. The van der Waals surface area contributed by atoms with E-state index in [9.17, 15) is 9.59 Å². The zero-order valence-electron chi connectivity index (χ0n) is 7.79. The molecule has 0 saturated heterocycles. The molecule has 1 amide bonds. The van der Waals surface area contributed by atoms with Gasteiger partial charge in [0.2, 0.25) is 6.08 Å². The van der Waals surface area contributed by atoms with Crippen LogP contribution in [0.3, 0.4) is 0 Å². The van der Waals surface area contributed by atoms with E-state index >= 15 is 0 Å². The van der Waals surface area contributed by atoms with Crippen LogP contribution < -0.4 is 0 Å². The molecule has 1 rings (SSSR count). The molecule has 0 N–H and O–H groups in total. The molecular weight excluding hydrogens is 168 g/mol.